The lowest BCUT2D eigenvalue weighted by Crippen LogP contribution is -2.37. The molecule has 104 valence electrons. The van der Waals surface area contributed by atoms with Crippen LogP contribution in [-0.2, 0) is 16.1 Å². The topological polar surface area (TPSA) is 38.8 Å². The summed E-state index contributed by atoms with van der Waals surface area (Å²) in [5.74, 6) is 0.861. The summed E-state index contributed by atoms with van der Waals surface area (Å²) in [6.45, 7) is 2.76. The minimum absolute atomic E-state index is 0.326. The summed E-state index contributed by atoms with van der Waals surface area (Å²) in [5.41, 5.74) is 0.856. The molecule has 0 spiro atoms. The van der Waals surface area contributed by atoms with E-state index in [0.29, 0.717) is 13.2 Å². The molecule has 0 bridgehead atoms. The highest BCUT2D eigenvalue weighted by Crippen LogP contribution is 2.27. The smallest absolute Gasteiger partial charge is 0.129 e. The molecule has 0 radical (unpaired) electrons. The maximum Gasteiger partial charge on any atom is 0.129 e. The largest absolute Gasteiger partial charge is 0.497 e. The maximum absolute atomic E-state index is 11.3. The van der Waals surface area contributed by atoms with Crippen LogP contribution in [-0.4, -0.2) is 45.1 Å². The molecule has 1 aliphatic heterocycles. The fourth-order valence-electron chi connectivity index (χ4n) is 2.55. The van der Waals surface area contributed by atoms with E-state index in [-0.39, 0.29) is 5.41 Å². The van der Waals surface area contributed by atoms with E-state index >= 15 is 0 Å². The molecule has 0 N–H and O–H groups in total. The number of rotatable bonds is 6. The van der Waals surface area contributed by atoms with Crippen molar-refractivity contribution in [3.8, 4) is 5.75 Å². The first kappa shape index (κ1) is 14.0. The van der Waals surface area contributed by atoms with Crippen LogP contribution in [0.3, 0.4) is 0 Å². The van der Waals surface area contributed by atoms with Gasteiger partial charge < -0.3 is 19.2 Å². The first-order chi connectivity index (χ1) is 9.17. The van der Waals surface area contributed by atoms with Crippen molar-refractivity contribution in [2.45, 2.75) is 13.0 Å². The van der Waals surface area contributed by atoms with E-state index in [0.717, 1.165) is 31.5 Å². The van der Waals surface area contributed by atoms with Crippen molar-refractivity contribution < 1.29 is 14.3 Å². The van der Waals surface area contributed by atoms with Crippen molar-refractivity contribution in [3.63, 3.8) is 0 Å². The van der Waals surface area contributed by atoms with Gasteiger partial charge in [-0.25, -0.2) is 0 Å². The van der Waals surface area contributed by atoms with Crippen LogP contribution in [0.1, 0.15) is 12.0 Å². The number of carbonyl (C=O) groups is 1. The Bertz CT molecular complexity index is 427. The van der Waals surface area contributed by atoms with Crippen LogP contribution < -0.4 is 4.74 Å². The number of benzene rings is 1. The zero-order valence-corrected chi connectivity index (χ0v) is 11.6. The highest BCUT2D eigenvalue weighted by molar-refractivity contribution is 5.60. The third kappa shape index (κ3) is 3.55. The Morgan fingerprint density at radius 3 is 3.00 bits per heavy atom. The van der Waals surface area contributed by atoms with E-state index in [1.165, 1.54) is 5.56 Å². The first-order valence-electron chi connectivity index (χ1n) is 6.53. The average molecular weight is 263 g/mol. The number of ether oxygens (including phenoxy) is 2. The third-order valence-electron chi connectivity index (χ3n) is 3.56. The molecule has 1 saturated heterocycles. The molecule has 1 unspecified atom stereocenters. The molecule has 1 aliphatic rings. The minimum Gasteiger partial charge on any atom is -0.497 e. The number of hydrogen-bond donors (Lipinski definition) is 0. The molecule has 1 aromatic rings. The van der Waals surface area contributed by atoms with Crippen molar-refractivity contribution in [2.24, 2.45) is 5.41 Å². The van der Waals surface area contributed by atoms with Gasteiger partial charge in [0.2, 0.25) is 0 Å². The van der Waals surface area contributed by atoms with Gasteiger partial charge >= 0.3 is 0 Å². The molecule has 0 amide bonds. The Hall–Kier alpha value is -1.39. The van der Waals surface area contributed by atoms with Crippen LogP contribution in [0.5, 0.6) is 5.75 Å². The lowest BCUT2D eigenvalue weighted by molar-refractivity contribution is -0.117. The second-order valence-corrected chi connectivity index (χ2v) is 5.31. The Morgan fingerprint density at radius 1 is 1.53 bits per heavy atom. The average Bonchev–Trinajstić information content (AvgIpc) is 2.88. The van der Waals surface area contributed by atoms with E-state index in [4.69, 9.17) is 9.47 Å². The predicted molar refractivity (Wildman–Crippen MR) is 73.3 cm³/mol. The molecule has 19 heavy (non-hydrogen) atoms. The van der Waals surface area contributed by atoms with Gasteiger partial charge in [-0.15, -0.1) is 0 Å². The summed E-state index contributed by atoms with van der Waals surface area (Å²) < 4.78 is 10.6. The van der Waals surface area contributed by atoms with Gasteiger partial charge in [-0.1, -0.05) is 12.1 Å². The number of methoxy groups -OCH3 is 1. The van der Waals surface area contributed by atoms with E-state index in [2.05, 4.69) is 11.0 Å². The van der Waals surface area contributed by atoms with Gasteiger partial charge in [0.05, 0.1) is 19.1 Å². The van der Waals surface area contributed by atoms with Crippen LogP contribution in [0.4, 0.5) is 0 Å². The molecular weight excluding hydrogens is 242 g/mol. The molecule has 1 fully saturated rings. The summed E-state index contributed by atoms with van der Waals surface area (Å²) in [6, 6.07) is 8.00. The molecule has 4 heteroatoms. The van der Waals surface area contributed by atoms with Crippen LogP contribution in [0.15, 0.2) is 24.3 Å². The van der Waals surface area contributed by atoms with E-state index < -0.39 is 0 Å². The van der Waals surface area contributed by atoms with Gasteiger partial charge in [0.1, 0.15) is 12.0 Å². The number of nitrogens with zero attached hydrogens (tertiary/aromatic N) is 1. The van der Waals surface area contributed by atoms with Gasteiger partial charge in [-0.05, 0) is 31.2 Å². The van der Waals surface area contributed by atoms with Crippen molar-refractivity contribution in [1.82, 2.24) is 4.90 Å². The summed E-state index contributed by atoms with van der Waals surface area (Å²) in [5, 5.41) is 0. The van der Waals surface area contributed by atoms with Crippen molar-refractivity contribution >= 4 is 6.29 Å². The Labute approximate surface area is 114 Å². The van der Waals surface area contributed by atoms with E-state index in [1.54, 1.807) is 7.11 Å². The molecule has 1 heterocycles. The van der Waals surface area contributed by atoms with Gasteiger partial charge in [-0.3, -0.25) is 0 Å². The SMILES string of the molecule is COc1cccc(CN(C)CC2(C=O)CCOC2)c1. The monoisotopic (exact) mass is 263 g/mol. The van der Waals surface area contributed by atoms with Crippen molar-refractivity contribution in [2.75, 3.05) is 33.9 Å². The standard InChI is InChI=1S/C15H21NO3/c1-16(10-15(11-17)6-7-19-12-15)9-13-4-3-5-14(8-13)18-2/h3-5,8,11H,6-7,9-10,12H2,1-2H3. The molecule has 0 aliphatic carbocycles. The zero-order chi connectivity index (χ0) is 13.7. The Morgan fingerprint density at radius 2 is 2.37 bits per heavy atom. The highest BCUT2D eigenvalue weighted by atomic mass is 16.5. The number of hydrogen-bond acceptors (Lipinski definition) is 4. The Balaban J connectivity index is 1.96. The second kappa shape index (κ2) is 6.17. The molecule has 1 aromatic carbocycles. The first-order valence-corrected chi connectivity index (χ1v) is 6.53. The van der Waals surface area contributed by atoms with Crippen molar-refractivity contribution in [1.29, 1.82) is 0 Å². The third-order valence-corrected chi connectivity index (χ3v) is 3.56. The minimum atomic E-state index is -0.326. The predicted octanol–water partition coefficient (Wildman–Crippen LogP) is 1.73. The van der Waals surface area contributed by atoms with Crippen LogP contribution in [0, 0.1) is 5.41 Å². The Kier molecular flexibility index (Phi) is 4.56. The summed E-state index contributed by atoms with van der Waals surface area (Å²) in [6.07, 6.45) is 1.88. The summed E-state index contributed by atoms with van der Waals surface area (Å²) in [4.78, 5) is 13.5. The maximum atomic E-state index is 11.3. The molecular formula is C15H21NO3. The molecule has 0 saturated carbocycles. The quantitative estimate of drug-likeness (QED) is 0.733. The van der Waals surface area contributed by atoms with Crippen molar-refractivity contribution in [3.05, 3.63) is 29.8 Å². The van der Waals surface area contributed by atoms with Crippen LogP contribution >= 0.6 is 0 Å². The summed E-state index contributed by atoms with van der Waals surface area (Å²) in [7, 11) is 3.70. The number of carbonyl (C=O) groups excluding carboxylic acids is 1. The molecule has 2 rings (SSSR count). The van der Waals surface area contributed by atoms with Gasteiger partial charge in [0.25, 0.3) is 0 Å². The fourth-order valence-corrected chi connectivity index (χ4v) is 2.55. The zero-order valence-electron chi connectivity index (χ0n) is 11.6. The second-order valence-electron chi connectivity index (χ2n) is 5.31. The molecule has 0 aromatic heterocycles. The van der Waals surface area contributed by atoms with Gasteiger partial charge in [0, 0.05) is 19.7 Å². The normalized spacial score (nSPS) is 22.7. The lowest BCUT2D eigenvalue weighted by Gasteiger charge is -2.27. The van der Waals surface area contributed by atoms with Gasteiger partial charge in [0.15, 0.2) is 0 Å². The molecule has 4 nitrogen and oxygen atoms in total. The van der Waals surface area contributed by atoms with Crippen LogP contribution in [0.2, 0.25) is 0 Å². The fraction of sp³-hybridized carbons (Fsp3) is 0.533. The molecule has 1 atom stereocenters. The van der Waals surface area contributed by atoms with Gasteiger partial charge in [-0.2, -0.15) is 0 Å². The number of aldehydes is 1. The summed E-state index contributed by atoms with van der Waals surface area (Å²) >= 11 is 0. The van der Waals surface area contributed by atoms with E-state index in [1.807, 2.05) is 25.2 Å². The van der Waals surface area contributed by atoms with Crippen LogP contribution in [0.25, 0.3) is 0 Å². The lowest BCUT2D eigenvalue weighted by atomic mass is 9.88. The highest BCUT2D eigenvalue weighted by Gasteiger charge is 2.35. The van der Waals surface area contributed by atoms with E-state index in [9.17, 15) is 4.79 Å².